The van der Waals surface area contributed by atoms with Gasteiger partial charge in [0.25, 0.3) is 0 Å². The molecule has 0 aliphatic heterocycles. The number of hydrogen-bond donors (Lipinski definition) is 1. The van der Waals surface area contributed by atoms with Gasteiger partial charge in [-0.05, 0) is 51.1 Å². The summed E-state index contributed by atoms with van der Waals surface area (Å²) < 4.78 is 17.6. The molecule has 4 aromatic heterocycles. The van der Waals surface area contributed by atoms with Crippen molar-refractivity contribution in [3.8, 4) is 28.5 Å². The third-order valence-corrected chi connectivity index (χ3v) is 5.97. The SMILES string of the molecule is COc1cc2c(cc1-c1c(C)noc1C)[nH]c1nc(C)nc(Oc3ccnc4ccccc34)c12. The molecule has 0 bridgehead atoms. The van der Waals surface area contributed by atoms with Crippen molar-refractivity contribution in [1.29, 1.82) is 0 Å². The molecule has 0 unspecified atom stereocenters. The van der Waals surface area contributed by atoms with Crippen LogP contribution >= 0.6 is 0 Å². The maximum Gasteiger partial charge on any atom is 0.232 e. The maximum atomic E-state index is 6.39. The van der Waals surface area contributed by atoms with Gasteiger partial charge in [-0.3, -0.25) is 4.98 Å². The molecule has 8 heteroatoms. The standard InChI is InChI=1S/C26H21N5O3/c1-13-23(14(2)34-31-13)18-11-20-17(12-22(18)32-4)24-25(30-20)28-15(3)29-26(24)33-21-9-10-27-19-8-6-5-7-16(19)21/h5-12H,1-4H3,(H,28,29,30). The number of para-hydroxylation sites is 1. The summed E-state index contributed by atoms with van der Waals surface area (Å²) >= 11 is 0. The number of nitrogens with zero attached hydrogens (tertiary/aromatic N) is 4. The number of H-pyrrole nitrogens is 1. The van der Waals surface area contributed by atoms with Gasteiger partial charge < -0.3 is 19.0 Å². The van der Waals surface area contributed by atoms with Crippen LogP contribution in [-0.2, 0) is 0 Å². The van der Waals surface area contributed by atoms with Crippen molar-refractivity contribution in [2.24, 2.45) is 0 Å². The molecule has 6 rings (SSSR count). The molecule has 1 N–H and O–H groups in total. The lowest BCUT2D eigenvalue weighted by atomic mass is 10.0. The first-order valence-electron chi connectivity index (χ1n) is 10.9. The fraction of sp³-hybridized carbons (Fsp3) is 0.154. The Labute approximate surface area is 194 Å². The van der Waals surface area contributed by atoms with Gasteiger partial charge in [-0.1, -0.05) is 17.3 Å². The van der Waals surface area contributed by atoms with Crippen LogP contribution < -0.4 is 9.47 Å². The average molecular weight is 451 g/mol. The molecule has 6 aromatic rings. The Bertz CT molecular complexity index is 1690. The molecule has 2 aromatic carbocycles. The van der Waals surface area contributed by atoms with Gasteiger partial charge in [-0.2, -0.15) is 4.98 Å². The summed E-state index contributed by atoms with van der Waals surface area (Å²) in [6, 6.07) is 13.7. The summed E-state index contributed by atoms with van der Waals surface area (Å²) in [7, 11) is 1.65. The van der Waals surface area contributed by atoms with Crippen molar-refractivity contribution in [2.75, 3.05) is 7.11 Å². The molecule has 0 spiro atoms. The summed E-state index contributed by atoms with van der Waals surface area (Å²) in [4.78, 5) is 17.1. The van der Waals surface area contributed by atoms with Gasteiger partial charge in [0.1, 0.15) is 28.7 Å². The number of aromatic amines is 1. The molecule has 8 nitrogen and oxygen atoms in total. The molecule has 0 saturated carbocycles. The number of ether oxygens (including phenoxy) is 2. The number of rotatable bonds is 4. The number of methoxy groups -OCH3 is 1. The minimum absolute atomic E-state index is 0.470. The zero-order chi connectivity index (χ0) is 23.4. The average Bonchev–Trinajstić information content (AvgIpc) is 3.36. The Kier molecular flexibility index (Phi) is 4.48. The number of aromatic nitrogens is 5. The third kappa shape index (κ3) is 3.07. The van der Waals surface area contributed by atoms with Crippen LogP contribution in [-0.4, -0.2) is 32.2 Å². The van der Waals surface area contributed by atoms with Crippen LogP contribution in [0.3, 0.4) is 0 Å². The van der Waals surface area contributed by atoms with Crippen LogP contribution in [0.25, 0.3) is 44.0 Å². The van der Waals surface area contributed by atoms with Crippen molar-refractivity contribution < 1.29 is 14.0 Å². The normalized spacial score (nSPS) is 11.5. The predicted molar refractivity (Wildman–Crippen MR) is 129 cm³/mol. The zero-order valence-electron chi connectivity index (χ0n) is 19.1. The molecule has 0 aliphatic carbocycles. The molecule has 0 amide bonds. The monoisotopic (exact) mass is 451 g/mol. The van der Waals surface area contributed by atoms with E-state index in [9.17, 15) is 0 Å². The van der Waals surface area contributed by atoms with Crippen LogP contribution in [0.15, 0.2) is 53.2 Å². The molecule has 0 atom stereocenters. The minimum atomic E-state index is 0.470. The van der Waals surface area contributed by atoms with Crippen molar-refractivity contribution in [1.82, 2.24) is 25.1 Å². The maximum absolute atomic E-state index is 6.39. The molecule has 0 aliphatic rings. The van der Waals surface area contributed by atoms with Crippen LogP contribution in [0.5, 0.6) is 17.4 Å². The lowest BCUT2D eigenvalue weighted by Gasteiger charge is -2.11. The lowest BCUT2D eigenvalue weighted by molar-refractivity contribution is 0.393. The van der Waals surface area contributed by atoms with Crippen LogP contribution in [0.1, 0.15) is 17.3 Å². The van der Waals surface area contributed by atoms with Gasteiger partial charge in [0.15, 0.2) is 0 Å². The van der Waals surface area contributed by atoms with Crippen LogP contribution in [0.2, 0.25) is 0 Å². The van der Waals surface area contributed by atoms with Gasteiger partial charge in [0.05, 0.1) is 29.3 Å². The van der Waals surface area contributed by atoms with Crippen LogP contribution in [0, 0.1) is 20.8 Å². The molecular formula is C26H21N5O3. The van der Waals surface area contributed by atoms with Gasteiger partial charge in [-0.15, -0.1) is 0 Å². The van der Waals surface area contributed by atoms with E-state index in [2.05, 4.69) is 25.1 Å². The first-order chi connectivity index (χ1) is 16.5. The fourth-order valence-corrected chi connectivity index (χ4v) is 4.47. The molecule has 0 saturated heterocycles. The Balaban J connectivity index is 1.59. The first kappa shape index (κ1) is 20.2. The van der Waals surface area contributed by atoms with E-state index < -0.39 is 0 Å². The summed E-state index contributed by atoms with van der Waals surface area (Å²) in [5.74, 6) is 3.18. The van der Waals surface area contributed by atoms with Crippen molar-refractivity contribution in [3.05, 3.63) is 65.9 Å². The number of pyridine rings is 1. The molecule has 0 radical (unpaired) electrons. The minimum Gasteiger partial charge on any atom is -0.496 e. The highest BCUT2D eigenvalue weighted by Gasteiger charge is 2.21. The molecule has 0 fully saturated rings. The van der Waals surface area contributed by atoms with E-state index in [1.54, 1.807) is 13.3 Å². The zero-order valence-corrected chi connectivity index (χ0v) is 19.1. The van der Waals surface area contributed by atoms with Gasteiger partial charge >= 0.3 is 0 Å². The number of hydrogen-bond acceptors (Lipinski definition) is 7. The highest BCUT2D eigenvalue weighted by molar-refractivity contribution is 6.10. The predicted octanol–water partition coefficient (Wildman–Crippen LogP) is 6.04. The van der Waals surface area contributed by atoms with Gasteiger partial charge in [-0.25, -0.2) is 4.98 Å². The quantitative estimate of drug-likeness (QED) is 0.349. The number of fused-ring (bicyclic) bond motifs is 4. The highest BCUT2D eigenvalue weighted by atomic mass is 16.5. The van der Waals surface area contributed by atoms with Crippen LogP contribution in [0.4, 0.5) is 0 Å². The third-order valence-electron chi connectivity index (χ3n) is 5.97. The van der Waals surface area contributed by atoms with E-state index in [0.717, 1.165) is 49.8 Å². The summed E-state index contributed by atoms with van der Waals surface area (Å²) in [5.41, 5.74) is 5.04. The Morgan fingerprint density at radius 1 is 0.941 bits per heavy atom. The first-order valence-corrected chi connectivity index (χ1v) is 10.9. The number of nitrogens with one attached hydrogen (secondary N) is 1. The lowest BCUT2D eigenvalue weighted by Crippen LogP contribution is -1.95. The smallest absolute Gasteiger partial charge is 0.232 e. The van der Waals surface area contributed by atoms with E-state index in [1.165, 1.54) is 0 Å². The van der Waals surface area contributed by atoms with E-state index in [0.29, 0.717) is 28.9 Å². The second kappa shape index (κ2) is 7.55. The molecule has 168 valence electrons. The topological polar surface area (TPSA) is 99.0 Å². The van der Waals surface area contributed by atoms with E-state index in [-0.39, 0.29) is 0 Å². The second-order valence-corrected chi connectivity index (χ2v) is 8.15. The fourth-order valence-electron chi connectivity index (χ4n) is 4.47. The number of benzene rings is 2. The second-order valence-electron chi connectivity index (χ2n) is 8.15. The van der Waals surface area contributed by atoms with E-state index in [4.69, 9.17) is 14.0 Å². The number of aryl methyl sites for hydroxylation is 3. The molecule has 34 heavy (non-hydrogen) atoms. The van der Waals surface area contributed by atoms with Crippen molar-refractivity contribution in [3.63, 3.8) is 0 Å². The molecular weight excluding hydrogens is 430 g/mol. The van der Waals surface area contributed by atoms with E-state index in [1.807, 2.05) is 63.2 Å². The Hall–Kier alpha value is -4.46. The van der Waals surface area contributed by atoms with E-state index >= 15 is 0 Å². The van der Waals surface area contributed by atoms with Crippen molar-refractivity contribution in [2.45, 2.75) is 20.8 Å². The highest BCUT2D eigenvalue weighted by Crippen LogP contribution is 2.42. The van der Waals surface area contributed by atoms with Gasteiger partial charge in [0.2, 0.25) is 5.88 Å². The van der Waals surface area contributed by atoms with Gasteiger partial charge in [0, 0.05) is 28.0 Å². The summed E-state index contributed by atoms with van der Waals surface area (Å²) in [6.45, 7) is 5.66. The Morgan fingerprint density at radius 3 is 2.59 bits per heavy atom. The summed E-state index contributed by atoms with van der Waals surface area (Å²) in [5, 5.41) is 6.69. The molecule has 4 heterocycles. The largest absolute Gasteiger partial charge is 0.496 e. The summed E-state index contributed by atoms with van der Waals surface area (Å²) in [6.07, 6.45) is 1.73. The van der Waals surface area contributed by atoms with Crippen molar-refractivity contribution >= 4 is 32.8 Å². The Morgan fingerprint density at radius 2 is 1.79 bits per heavy atom.